The lowest BCUT2D eigenvalue weighted by molar-refractivity contribution is -0.135. The van der Waals surface area contributed by atoms with Crippen molar-refractivity contribution in [3.63, 3.8) is 0 Å². The van der Waals surface area contributed by atoms with E-state index in [2.05, 4.69) is 13.8 Å². The summed E-state index contributed by atoms with van der Waals surface area (Å²) in [6, 6.07) is 5.56. The van der Waals surface area contributed by atoms with Crippen LogP contribution in [0.15, 0.2) is 18.2 Å². The van der Waals surface area contributed by atoms with E-state index in [1.165, 1.54) is 0 Å². The summed E-state index contributed by atoms with van der Waals surface area (Å²) in [6.07, 6.45) is 2.01. The van der Waals surface area contributed by atoms with E-state index in [9.17, 15) is 14.4 Å². The molecular weight excluding hydrogens is 304 g/mol. The third-order valence-corrected chi connectivity index (χ3v) is 5.05. The van der Waals surface area contributed by atoms with Gasteiger partial charge in [-0.3, -0.25) is 19.3 Å². The Morgan fingerprint density at radius 2 is 1.79 bits per heavy atom. The summed E-state index contributed by atoms with van der Waals surface area (Å²) in [5.41, 5.74) is 1.73. The van der Waals surface area contributed by atoms with Gasteiger partial charge in [0.05, 0.1) is 11.1 Å². The predicted octanol–water partition coefficient (Wildman–Crippen LogP) is 2.63. The molecule has 1 aliphatic heterocycles. The molecule has 3 amide bonds. The number of benzene rings is 1. The predicted molar refractivity (Wildman–Crippen MR) is 90.7 cm³/mol. The van der Waals surface area contributed by atoms with Gasteiger partial charge in [-0.05, 0) is 44.7 Å². The van der Waals surface area contributed by atoms with E-state index in [1.807, 2.05) is 24.8 Å². The monoisotopic (exact) mass is 328 g/mol. The van der Waals surface area contributed by atoms with Crippen LogP contribution in [0.25, 0.3) is 0 Å². The second-order valence-corrected chi connectivity index (χ2v) is 7.26. The minimum absolute atomic E-state index is 0.0995. The number of carbonyl (C=O) groups is 3. The van der Waals surface area contributed by atoms with Crippen LogP contribution >= 0.6 is 0 Å². The first kappa shape index (κ1) is 16.7. The molecule has 0 aromatic heterocycles. The summed E-state index contributed by atoms with van der Waals surface area (Å²) in [4.78, 5) is 40.8. The molecule has 0 bridgehead atoms. The molecule has 2 aliphatic rings. The lowest BCUT2D eigenvalue weighted by Crippen LogP contribution is -2.48. The number of hydrogen-bond acceptors (Lipinski definition) is 3. The van der Waals surface area contributed by atoms with Crippen LogP contribution < -0.4 is 0 Å². The summed E-state index contributed by atoms with van der Waals surface area (Å²) < 4.78 is 0. The van der Waals surface area contributed by atoms with Gasteiger partial charge in [-0.2, -0.15) is 0 Å². The van der Waals surface area contributed by atoms with Crippen LogP contribution in [-0.2, 0) is 4.79 Å². The highest BCUT2D eigenvalue weighted by Crippen LogP contribution is 2.31. The Morgan fingerprint density at radius 1 is 1.17 bits per heavy atom. The van der Waals surface area contributed by atoms with E-state index in [0.717, 1.165) is 23.3 Å². The van der Waals surface area contributed by atoms with Gasteiger partial charge < -0.3 is 4.90 Å². The Kier molecular flexibility index (Phi) is 4.20. The summed E-state index contributed by atoms with van der Waals surface area (Å²) in [5.74, 6) is -0.527. The average molecular weight is 328 g/mol. The molecule has 1 heterocycles. The number of amides is 3. The molecule has 1 fully saturated rings. The fraction of sp³-hybridized carbons (Fsp3) is 0.526. The first-order valence-corrected chi connectivity index (χ1v) is 8.59. The molecule has 0 unspecified atom stereocenters. The molecule has 5 nitrogen and oxygen atoms in total. The Balaban J connectivity index is 1.80. The number of rotatable bonds is 5. The molecule has 1 saturated carbocycles. The van der Waals surface area contributed by atoms with E-state index < -0.39 is 0 Å². The molecule has 3 rings (SSSR count). The second kappa shape index (κ2) is 6.04. The number of aryl methyl sites for hydroxylation is 1. The van der Waals surface area contributed by atoms with Gasteiger partial charge in [0, 0.05) is 12.1 Å². The van der Waals surface area contributed by atoms with Crippen LogP contribution in [0.3, 0.4) is 0 Å². The van der Waals surface area contributed by atoms with Crippen LogP contribution in [0, 0.1) is 12.8 Å². The van der Waals surface area contributed by atoms with Gasteiger partial charge in [-0.25, -0.2) is 0 Å². The van der Waals surface area contributed by atoms with Crippen molar-refractivity contribution in [1.29, 1.82) is 0 Å². The maximum Gasteiger partial charge on any atom is 0.262 e. The van der Waals surface area contributed by atoms with Crippen LogP contribution in [-0.4, -0.2) is 46.1 Å². The summed E-state index contributed by atoms with van der Waals surface area (Å²) >= 11 is 0. The quantitative estimate of drug-likeness (QED) is 0.781. The van der Waals surface area contributed by atoms with Crippen molar-refractivity contribution in [2.45, 2.75) is 52.6 Å². The van der Waals surface area contributed by atoms with E-state index in [1.54, 1.807) is 12.1 Å². The topological polar surface area (TPSA) is 57.7 Å². The van der Waals surface area contributed by atoms with E-state index in [0.29, 0.717) is 17.0 Å². The molecule has 1 aromatic rings. The van der Waals surface area contributed by atoms with Crippen molar-refractivity contribution in [2.75, 3.05) is 6.54 Å². The van der Waals surface area contributed by atoms with Crippen molar-refractivity contribution in [1.82, 2.24) is 9.80 Å². The highest BCUT2D eigenvalue weighted by Gasteiger charge is 2.41. The van der Waals surface area contributed by atoms with Crippen molar-refractivity contribution in [3.8, 4) is 0 Å². The fourth-order valence-electron chi connectivity index (χ4n) is 3.20. The third-order valence-electron chi connectivity index (χ3n) is 5.05. The molecule has 1 atom stereocenters. The Bertz CT molecular complexity index is 707. The van der Waals surface area contributed by atoms with Crippen molar-refractivity contribution < 1.29 is 14.4 Å². The highest BCUT2D eigenvalue weighted by atomic mass is 16.2. The molecule has 5 heteroatoms. The second-order valence-electron chi connectivity index (χ2n) is 7.26. The molecule has 0 saturated heterocycles. The number of fused-ring (bicyclic) bond motifs is 1. The fourth-order valence-corrected chi connectivity index (χ4v) is 3.20. The average Bonchev–Trinajstić information content (AvgIpc) is 3.32. The molecule has 1 aliphatic carbocycles. The molecule has 0 spiro atoms. The zero-order valence-corrected chi connectivity index (χ0v) is 14.7. The van der Waals surface area contributed by atoms with E-state index >= 15 is 0 Å². The zero-order chi connectivity index (χ0) is 17.6. The molecule has 0 N–H and O–H groups in total. The van der Waals surface area contributed by atoms with Gasteiger partial charge in [0.25, 0.3) is 11.8 Å². The smallest absolute Gasteiger partial charge is 0.262 e. The van der Waals surface area contributed by atoms with Gasteiger partial charge in [0.15, 0.2) is 0 Å². The van der Waals surface area contributed by atoms with Crippen LogP contribution in [0.1, 0.15) is 59.9 Å². The van der Waals surface area contributed by atoms with Crippen molar-refractivity contribution >= 4 is 17.7 Å². The minimum atomic E-state index is -0.365. The van der Waals surface area contributed by atoms with Crippen molar-refractivity contribution in [2.24, 2.45) is 5.92 Å². The van der Waals surface area contributed by atoms with E-state index in [-0.39, 0.29) is 36.3 Å². The first-order valence-electron chi connectivity index (χ1n) is 8.59. The van der Waals surface area contributed by atoms with Gasteiger partial charge in [0.2, 0.25) is 5.91 Å². The maximum absolute atomic E-state index is 12.8. The van der Waals surface area contributed by atoms with Crippen LogP contribution in [0.5, 0.6) is 0 Å². The lowest BCUT2D eigenvalue weighted by Gasteiger charge is -2.33. The zero-order valence-electron chi connectivity index (χ0n) is 14.7. The number of imide groups is 1. The van der Waals surface area contributed by atoms with Crippen molar-refractivity contribution in [3.05, 3.63) is 34.9 Å². The standard InChI is InChI=1S/C19H24N2O3/c1-11(2)13(4)21(14-6-7-14)17(22)10-20-18(23)15-8-5-12(3)9-16(15)19(20)24/h5,8-9,11,13-14H,6-7,10H2,1-4H3/t13-/m0/s1. The lowest BCUT2D eigenvalue weighted by atomic mass is 10.0. The van der Waals surface area contributed by atoms with Gasteiger partial charge in [-0.15, -0.1) is 0 Å². The molecular formula is C19H24N2O3. The number of nitrogens with zero attached hydrogens (tertiary/aromatic N) is 2. The third kappa shape index (κ3) is 2.83. The normalized spacial score (nSPS) is 18.1. The molecule has 1 aromatic carbocycles. The van der Waals surface area contributed by atoms with Gasteiger partial charge in [-0.1, -0.05) is 25.5 Å². The number of hydrogen-bond donors (Lipinski definition) is 0. The Hall–Kier alpha value is -2.17. The highest BCUT2D eigenvalue weighted by molar-refractivity contribution is 6.22. The maximum atomic E-state index is 12.8. The molecule has 0 radical (unpaired) electrons. The largest absolute Gasteiger partial charge is 0.335 e. The first-order chi connectivity index (χ1) is 11.3. The van der Waals surface area contributed by atoms with Crippen LogP contribution in [0.4, 0.5) is 0 Å². The van der Waals surface area contributed by atoms with Gasteiger partial charge >= 0.3 is 0 Å². The molecule has 24 heavy (non-hydrogen) atoms. The Labute approximate surface area is 142 Å². The summed E-state index contributed by atoms with van der Waals surface area (Å²) in [5, 5.41) is 0. The Morgan fingerprint density at radius 3 is 2.38 bits per heavy atom. The van der Waals surface area contributed by atoms with E-state index in [4.69, 9.17) is 0 Å². The number of carbonyl (C=O) groups excluding carboxylic acids is 3. The minimum Gasteiger partial charge on any atom is -0.335 e. The SMILES string of the molecule is Cc1ccc2c(c1)C(=O)N(CC(=O)N(C1CC1)[C@@H](C)C(C)C)C2=O. The summed E-state index contributed by atoms with van der Waals surface area (Å²) in [6.45, 7) is 7.91. The van der Waals surface area contributed by atoms with Crippen LogP contribution in [0.2, 0.25) is 0 Å². The molecule has 128 valence electrons. The summed E-state index contributed by atoms with van der Waals surface area (Å²) in [7, 11) is 0. The van der Waals surface area contributed by atoms with Gasteiger partial charge in [0.1, 0.15) is 6.54 Å².